The van der Waals surface area contributed by atoms with Crippen molar-refractivity contribution in [3.05, 3.63) is 69.3 Å². The van der Waals surface area contributed by atoms with E-state index in [-0.39, 0.29) is 5.76 Å². The number of aliphatic imine (C=N–C) groups is 1. The van der Waals surface area contributed by atoms with Gasteiger partial charge in [-0.05, 0) is 59.3 Å². The summed E-state index contributed by atoms with van der Waals surface area (Å²) in [6.45, 7) is 11.9. The van der Waals surface area contributed by atoms with Crippen LogP contribution in [-0.2, 0) is 0 Å². The van der Waals surface area contributed by atoms with Gasteiger partial charge in [0.05, 0.1) is 16.3 Å². The molecule has 0 unspecified atom stereocenters. The van der Waals surface area contributed by atoms with Crippen LogP contribution in [0.15, 0.2) is 64.5 Å². The first-order valence-electron chi connectivity index (χ1n) is 8.71. The molecule has 3 nitrogen and oxygen atoms in total. The fourth-order valence-electron chi connectivity index (χ4n) is 2.39. The van der Waals surface area contributed by atoms with E-state index >= 15 is 0 Å². The van der Waals surface area contributed by atoms with E-state index in [4.69, 9.17) is 0 Å². The quantitative estimate of drug-likeness (QED) is 0.312. The van der Waals surface area contributed by atoms with Gasteiger partial charge in [-0.15, -0.1) is 11.3 Å². The molecule has 0 aromatic carbocycles. The molecule has 2 N–H and O–H groups in total. The highest BCUT2D eigenvalue weighted by Gasteiger charge is 2.12. The zero-order chi connectivity index (χ0) is 19.7. The van der Waals surface area contributed by atoms with Gasteiger partial charge in [-0.25, -0.2) is 0 Å². The van der Waals surface area contributed by atoms with E-state index < -0.39 is 0 Å². The van der Waals surface area contributed by atoms with Crippen LogP contribution >= 0.6 is 11.3 Å². The van der Waals surface area contributed by atoms with E-state index in [0.29, 0.717) is 0 Å². The Balaban J connectivity index is 3.24. The summed E-state index contributed by atoms with van der Waals surface area (Å²) in [6.07, 6.45) is 11.7. The lowest BCUT2D eigenvalue weighted by Crippen LogP contribution is -1.97. The van der Waals surface area contributed by atoms with E-state index in [0.717, 1.165) is 22.0 Å². The maximum absolute atomic E-state index is 9.62. The molecule has 0 aliphatic rings. The third-order valence-electron chi connectivity index (χ3n) is 3.71. The molecule has 1 rings (SSSR count). The van der Waals surface area contributed by atoms with Gasteiger partial charge in [-0.1, -0.05) is 29.9 Å². The van der Waals surface area contributed by atoms with E-state index in [1.165, 1.54) is 16.0 Å². The van der Waals surface area contributed by atoms with Gasteiger partial charge in [0, 0.05) is 23.7 Å². The predicted octanol–water partition coefficient (Wildman–Crippen LogP) is 6.89. The van der Waals surface area contributed by atoms with Gasteiger partial charge < -0.3 is 10.4 Å². The Bertz CT molecular complexity index is 802. The zero-order valence-electron chi connectivity index (χ0n) is 16.8. The predicted molar refractivity (Wildman–Crippen MR) is 118 cm³/mol. The monoisotopic (exact) mass is 370 g/mol. The number of hydrogen-bond acceptors (Lipinski definition) is 4. The number of aliphatic hydroxyl groups excluding tert-OH is 1. The molecule has 0 saturated carbocycles. The fourth-order valence-corrected chi connectivity index (χ4v) is 3.47. The van der Waals surface area contributed by atoms with E-state index in [1.807, 2.05) is 40.0 Å². The van der Waals surface area contributed by atoms with Gasteiger partial charge >= 0.3 is 0 Å². The lowest BCUT2D eigenvalue weighted by Gasteiger charge is -2.02. The molecule has 0 aliphatic heterocycles. The Hall–Kier alpha value is -2.33. The largest absolute Gasteiger partial charge is 0.508 e. The minimum atomic E-state index is 0.224. The highest BCUT2D eigenvalue weighted by Crippen LogP contribution is 2.33. The first kappa shape index (κ1) is 21.7. The molecular formula is C22H30N2OS. The van der Waals surface area contributed by atoms with Crippen molar-refractivity contribution in [1.29, 1.82) is 0 Å². The second-order valence-corrected chi connectivity index (χ2v) is 7.12. The van der Waals surface area contributed by atoms with Gasteiger partial charge in [-0.2, -0.15) is 0 Å². The second kappa shape index (κ2) is 10.6. The Labute approximate surface area is 161 Å². The number of anilines is 1. The molecule has 26 heavy (non-hydrogen) atoms. The molecule has 0 bridgehead atoms. The van der Waals surface area contributed by atoms with E-state index in [9.17, 15) is 5.11 Å². The summed E-state index contributed by atoms with van der Waals surface area (Å²) in [5, 5.41) is 12.9. The van der Waals surface area contributed by atoms with Crippen LogP contribution in [0.1, 0.15) is 51.3 Å². The van der Waals surface area contributed by atoms with Crippen molar-refractivity contribution in [3.8, 4) is 0 Å². The van der Waals surface area contributed by atoms with Crippen molar-refractivity contribution < 1.29 is 5.11 Å². The standard InChI is InChI=1S/C22H30N2OS/c1-8-10-11-15(3)12-16(4)21-14-20(23-7)22(26-21)18(6)24-17(5)13-19(25)9-2/h8-14,23,25H,1-7H3/b10-8-,15-11-,16-12+,17-13+,19-9+,24-18?. The third-order valence-corrected chi connectivity index (χ3v) is 5.09. The first-order chi connectivity index (χ1) is 12.3. The molecule has 1 aromatic heterocycles. The van der Waals surface area contributed by atoms with Crippen molar-refractivity contribution in [3.63, 3.8) is 0 Å². The molecular weight excluding hydrogens is 340 g/mol. The van der Waals surface area contributed by atoms with Gasteiger partial charge in [-0.3, -0.25) is 4.99 Å². The smallest absolute Gasteiger partial charge is 0.113 e. The molecule has 140 valence electrons. The molecule has 0 radical (unpaired) electrons. The summed E-state index contributed by atoms with van der Waals surface area (Å²) in [6, 6.07) is 2.16. The number of rotatable bonds is 7. The third kappa shape index (κ3) is 6.52. The van der Waals surface area contributed by atoms with Crippen LogP contribution in [0.5, 0.6) is 0 Å². The molecule has 0 atom stereocenters. The van der Waals surface area contributed by atoms with Gasteiger partial charge in [0.1, 0.15) is 5.76 Å². The minimum Gasteiger partial charge on any atom is -0.508 e. The number of aliphatic hydroxyl groups is 1. The molecule has 1 aromatic rings. The van der Waals surface area contributed by atoms with Crippen LogP contribution in [0.4, 0.5) is 5.69 Å². The summed E-state index contributed by atoms with van der Waals surface area (Å²) in [5.41, 5.74) is 5.21. The average molecular weight is 371 g/mol. The lowest BCUT2D eigenvalue weighted by molar-refractivity contribution is 0.430. The fraction of sp³-hybridized carbons (Fsp3) is 0.318. The Morgan fingerprint density at radius 1 is 1.15 bits per heavy atom. The maximum Gasteiger partial charge on any atom is 0.113 e. The number of thiophene rings is 1. The van der Waals surface area contributed by atoms with E-state index in [2.05, 4.69) is 42.4 Å². The Kier molecular flexibility index (Phi) is 8.86. The average Bonchev–Trinajstić information content (AvgIpc) is 3.04. The molecule has 1 heterocycles. The minimum absolute atomic E-state index is 0.224. The van der Waals surface area contributed by atoms with E-state index in [1.54, 1.807) is 30.4 Å². The summed E-state index contributed by atoms with van der Waals surface area (Å²) in [7, 11) is 1.92. The first-order valence-corrected chi connectivity index (χ1v) is 9.53. The Morgan fingerprint density at radius 2 is 1.85 bits per heavy atom. The summed E-state index contributed by atoms with van der Waals surface area (Å²) < 4.78 is 0. The summed E-state index contributed by atoms with van der Waals surface area (Å²) >= 11 is 1.72. The van der Waals surface area contributed by atoms with Crippen molar-refractivity contribution >= 4 is 28.3 Å². The van der Waals surface area contributed by atoms with Crippen LogP contribution in [0.3, 0.4) is 0 Å². The van der Waals surface area contributed by atoms with Crippen LogP contribution in [-0.4, -0.2) is 17.9 Å². The van der Waals surface area contributed by atoms with Gasteiger partial charge in [0.15, 0.2) is 0 Å². The zero-order valence-corrected chi connectivity index (χ0v) is 17.7. The van der Waals surface area contributed by atoms with Crippen molar-refractivity contribution in [2.24, 2.45) is 4.99 Å². The normalized spacial score (nSPS) is 15.1. The molecule has 0 aliphatic carbocycles. The van der Waals surface area contributed by atoms with Crippen LogP contribution in [0.2, 0.25) is 0 Å². The van der Waals surface area contributed by atoms with Gasteiger partial charge in [0.25, 0.3) is 0 Å². The molecule has 0 saturated heterocycles. The van der Waals surface area contributed by atoms with Crippen molar-refractivity contribution in [2.75, 3.05) is 12.4 Å². The number of nitrogens with zero attached hydrogens (tertiary/aromatic N) is 1. The SMILES string of the molecule is C\C=C/C=C(C)\C=C(/C)c1cc(NC)c(C(C)=N/C(C)=C/C(O)=C\C)s1. The molecule has 0 spiro atoms. The second-order valence-electron chi connectivity index (χ2n) is 6.06. The van der Waals surface area contributed by atoms with Gasteiger partial charge in [0.2, 0.25) is 0 Å². The number of allylic oxidation sites excluding steroid dienone is 9. The molecule has 0 amide bonds. The van der Waals surface area contributed by atoms with Crippen LogP contribution in [0, 0.1) is 0 Å². The topological polar surface area (TPSA) is 44.6 Å². The van der Waals surface area contributed by atoms with Crippen molar-refractivity contribution in [1.82, 2.24) is 0 Å². The summed E-state index contributed by atoms with van der Waals surface area (Å²) in [5.74, 6) is 0.224. The molecule has 4 heteroatoms. The molecule has 0 fully saturated rings. The number of hydrogen-bond donors (Lipinski definition) is 2. The highest BCUT2D eigenvalue weighted by molar-refractivity contribution is 7.15. The Morgan fingerprint density at radius 3 is 2.42 bits per heavy atom. The van der Waals surface area contributed by atoms with Crippen LogP contribution in [0.25, 0.3) is 5.57 Å². The number of nitrogens with one attached hydrogen (secondary N) is 1. The highest BCUT2D eigenvalue weighted by atomic mass is 32.1. The summed E-state index contributed by atoms with van der Waals surface area (Å²) in [4.78, 5) is 6.95. The van der Waals surface area contributed by atoms with Crippen LogP contribution < -0.4 is 5.32 Å². The maximum atomic E-state index is 9.62. The lowest BCUT2D eigenvalue weighted by atomic mass is 10.1. The van der Waals surface area contributed by atoms with Crippen molar-refractivity contribution in [2.45, 2.75) is 41.5 Å².